The summed E-state index contributed by atoms with van der Waals surface area (Å²) >= 11 is 17.8. The molecule has 1 atom stereocenters. The normalized spacial score (nSPS) is 20.1. The Morgan fingerprint density at radius 2 is 1.88 bits per heavy atom. The van der Waals surface area contributed by atoms with E-state index in [2.05, 4.69) is 5.32 Å². The summed E-state index contributed by atoms with van der Waals surface area (Å²) in [6.07, 6.45) is 1.83. The van der Waals surface area contributed by atoms with Crippen LogP contribution in [-0.2, 0) is 0 Å². The smallest absolute Gasteiger partial charge is 0.182 e. The molecule has 2 rings (SSSR count). The van der Waals surface area contributed by atoms with Crippen molar-refractivity contribution in [3.63, 3.8) is 0 Å². The largest absolute Gasteiger partial charge is 0.307 e. The van der Waals surface area contributed by atoms with Crippen LogP contribution in [-0.4, -0.2) is 18.4 Å². The standard InChI is InChI=1S/C11H10Cl3NO/c12-6-4-7(13)10(8(14)5-6)11(16)9-2-1-3-15-9/h4-5,9,15H,1-3H2. The number of halogens is 3. The van der Waals surface area contributed by atoms with Gasteiger partial charge in [0.05, 0.1) is 21.7 Å². The predicted molar refractivity (Wildman–Crippen MR) is 66.8 cm³/mol. The Morgan fingerprint density at radius 1 is 1.25 bits per heavy atom. The molecule has 1 aromatic rings. The summed E-state index contributed by atoms with van der Waals surface area (Å²) in [6, 6.07) is 2.91. The first-order valence-corrected chi connectivity index (χ1v) is 6.15. The molecule has 1 aliphatic heterocycles. The topological polar surface area (TPSA) is 29.1 Å². The first-order chi connectivity index (χ1) is 7.59. The van der Waals surface area contributed by atoms with Crippen LogP contribution in [0.2, 0.25) is 15.1 Å². The highest BCUT2D eigenvalue weighted by atomic mass is 35.5. The molecule has 1 unspecified atom stereocenters. The van der Waals surface area contributed by atoms with Gasteiger partial charge in [0.15, 0.2) is 5.78 Å². The number of carbonyl (C=O) groups is 1. The zero-order valence-corrected chi connectivity index (χ0v) is 10.7. The molecule has 1 saturated heterocycles. The molecule has 16 heavy (non-hydrogen) atoms. The van der Waals surface area contributed by atoms with Crippen molar-refractivity contribution in [1.82, 2.24) is 5.32 Å². The van der Waals surface area contributed by atoms with Gasteiger partial charge in [-0.2, -0.15) is 0 Å². The molecule has 0 radical (unpaired) electrons. The van der Waals surface area contributed by atoms with Crippen molar-refractivity contribution in [3.8, 4) is 0 Å². The maximum absolute atomic E-state index is 12.1. The molecule has 1 aliphatic rings. The maximum atomic E-state index is 12.1. The first-order valence-electron chi connectivity index (χ1n) is 5.01. The van der Waals surface area contributed by atoms with Crippen LogP contribution in [0.4, 0.5) is 0 Å². The SMILES string of the molecule is O=C(c1c(Cl)cc(Cl)cc1Cl)C1CCCN1. The van der Waals surface area contributed by atoms with Crippen molar-refractivity contribution < 1.29 is 4.79 Å². The van der Waals surface area contributed by atoms with Crippen LogP contribution in [0.1, 0.15) is 23.2 Å². The molecule has 2 nitrogen and oxygen atoms in total. The van der Waals surface area contributed by atoms with Gasteiger partial charge in [0.2, 0.25) is 0 Å². The highest BCUT2D eigenvalue weighted by Crippen LogP contribution is 2.30. The van der Waals surface area contributed by atoms with Gasteiger partial charge >= 0.3 is 0 Å². The number of Topliss-reactive ketones (excluding diaryl/α,β-unsaturated/α-hetero) is 1. The lowest BCUT2D eigenvalue weighted by atomic mass is 10.0. The van der Waals surface area contributed by atoms with Gasteiger partial charge in [-0.25, -0.2) is 0 Å². The van der Waals surface area contributed by atoms with E-state index in [0.717, 1.165) is 19.4 Å². The Bertz CT molecular complexity index is 404. The summed E-state index contributed by atoms with van der Waals surface area (Å²) < 4.78 is 0. The van der Waals surface area contributed by atoms with Gasteiger partial charge in [-0.05, 0) is 31.5 Å². The molecule has 0 amide bonds. The fourth-order valence-electron chi connectivity index (χ4n) is 1.86. The molecule has 5 heteroatoms. The number of hydrogen-bond acceptors (Lipinski definition) is 2. The van der Waals surface area contributed by atoms with E-state index in [1.807, 2.05) is 0 Å². The maximum Gasteiger partial charge on any atom is 0.182 e. The Hall–Kier alpha value is -0.280. The summed E-state index contributed by atoms with van der Waals surface area (Å²) in [5.74, 6) is -0.0517. The molecule has 1 N–H and O–H groups in total. The molecule has 0 aromatic heterocycles. The van der Waals surface area contributed by atoms with E-state index in [-0.39, 0.29) is 11.8 Å². The zero-order chi connectivity index (χ0) is 11.7. The fraction of sp³-hybridized carbons (Fsp3) is 0.364. The third-order valence-electron chi connectivity index (χ3n) is 2.63. The van der Waals surface area contributed by atoms with Crippen molar-refractivity contribution in [2.75, 3.05) is 6.54 Å². The number of nitrogens with one attached hydrogen (secondary N) is 1. The first kappa shape index (κ1) is 12.2. The number of benzene rings is 1. The van der Waals surface area contributed by atoms with Gasteiger partial charge < -0.3 is 5.32 Å². The van der Waals surface area contributed by atoms with Gasteiger partial charge in [-0.15, -0.1) is 0 Å². The van der Waals surface area contributed by atoms with Gasteiger partial charge in [-0.1, -0.05) is 34.8 Å². The molecule has 0 aliphatic carbocycles. The van der Waals surface area contributed by atoms with Crippen LogP contribution in [0.3, 0.4) is 0 Å². The van der Waals surface area contributed by atoms with E-state index in [0.29, 0.717) is 20.6 Å². The van der Waals surface area contributed by atoms with E-state index in [9.17, 15) is 4.79 Å². The Labute approximate surface area is 109 Å². The van der Waals surface area contributed by atoms with E-state index in [1.54, 1.807) is 0 Å². The van der Waals surface area contributed by atoms with Crippen LogP contribution in [0.25, 0.3) is 0 Å². The average molecular weight is 279 g/mol. The lowest BCUT2D eigenvalue weighted by Gasteiger charge is -2.12. The molecule has 1 heterocycles. The van der Waals surface area contributed by atoms with Crippen molar-refractivity contribution >= 4 is 40.6 Å². The monoisotopic (exact) mass is 277 g/mol. The van der Waals surface area contributed by atoms with Gasteiger partial charge in [0.25, 0.3) is 0 Å². The van der Waals surface area contributed by atoms with Crippen LogP contribution < -0.4 is 5.32 Å². The second-order valence-electron chi connectivity index (χ2n) is 3.76. The molecule has 0 bridgehead atoms. The third kappa shape index (κ3) is 2.35. The molecule has 1 aromatic carbocycles. The lowest BCUT2D eigenvalue weighted by Crippen LogP contribution is -2.31. The minimum atomic E-state index is -0.170. The highest BCUT2D eigenvalue weighted by Gasteiger charge is 2.26. The summed E-state index contributed by atoms with van der Waals surface area (Å²) in [5, 5.41) is 4.19. The van der Waals surface area contributed by atoms with Crippen LogP contribution in [0.15, 0.2) is 12.1 Å². The number of carbonyl (C=O) groups excluding carboxylic acids is 1. The molecule has 1 fully saturated rings. The second-order valence-corrected chi connectivity index (χ2v) is 5.01. The molecule has 86 valence electrons. The number of rotatable bonds is 2. The lowest BCUT2D eigenvalue weighted by molar-refractivity contribution is 0.0952. The van der Waals surface area contributed by atoms with E-state index in [4.69, 9.17) is 34.8 Å². The molecule has 0 saturated carbocycles. The van der Waals surface area contributed by atoms with Gasteiger partial charge in [0.1, 0.15) is 0 Å². The van der Waals surface area contributed by atoms with E-state index < -0.39 is 0 Å². The summed E-state index contributed by atoms with van der Waals surface area (Å²) in [4.78, 5) is 12.1. The third-order valence-corrected chi connectivity index (χ3v) is 3.44. The fourth-order valence-corrected chi connectivity index (χ4v) is 2.86. The Balaban J connectivity index is 2.35. The van der Waals surface area contributed by atoms with Crippen molar-refractivity contribution in [2.45, 2.75) is 18.9 Å². The predicted octanol–water partition coefficient (Wildman–Crippen LogP) is 3.58. The van der Waals surface area contributed by atoms with Gasteiger partial charge in [0, 0.05) is 5.02 Å². The summed E-state index contributed by atoms with van der Waals surface area (Å²) in [5.41, 5.74) is 0.368. The van der Waals surface area contributed by atoms with Crippen LogP contribution in [0, 0.1) is 0 Å². The van der Waals surface area contributed by atoms with E-state index in [1.165, 1.54) is 12.1 Å². The van der Waals surface area contributed by atoms with Gasteiger partial charge in [-0.3, -0.25) is 4.79 Å². The quantitative estimate of drug-likeness (QED) is 0.838. The van der Waals surface area contributed by atoms with Crippen molar-refractivity contribution in [1.29, 1.82) is 0 Å². The minimum Gasteiger partial charge on any atom is -0.307 e. The Morgan fingerprint density at radius 3 is 2.38 bits per heavy atom. The zero-order valence-electron chi connectivity index (χ0n) is 8.40. The van der Waals surface area contributed by atoms with Crippen LogP contribution in [0.5, 0.6) is 0 Å². The van der Waals surface area contributed by atoms with Crippen LogP contribution >= 0.6 is 34.8 Å². The molecular formula is C11H10Cl3NO. The molecular weight excluding hydrogens is 268 g/mol. The molecule has 0 spiro atoms. The summed E-state index contributed by atoms with van der Waals surface area (Å²) in [7, 11) is 0. The average Bonchev–Trinajstić information content (AvgIpc) is 2.67. The van der Waals surface area contributed by atoms with Crippen molar-refractivity contribution in [3.05, 3.63) is 32.8 Å². The highest BCUT2D eigenvalue weighted by molar-refractivity contribution is 6.42. The minimum absolute atomic E-state index is 0.0517. The Kier molecular flexibility index (Phi) is 3.75. The second kappa shape index (κ2) is 4.92. The van der Waals surface area contributed by atoms with Crippen molar-refractivity contribution in [2.24, 2.45) is 0 Å². The summed E-state index contributed by atoms with van der Waals surface area (Å²) in [6.45, 7) is 0.860. The number of hydrogen-bond donors (Lipinski definition) is 1. The number of ketones is 1. The van der Waals surface area contributed by atoms with E-state index >= 15 is 0 Å².